The lowest BCUT2D eigenvalue weighted by atomic mass is 9.91. The highest BCUT2D eigenvalue weighted by Gasteiger charge is 2.83. The van der Waals surface area contributed by atoms with E-state index in [1.807, 2.05) is 41.5 Å². The zero-order valence-electron chi connectivity index (χ0n) is 75.8. The summed E-state index contributed by atoms with van der Waals surface area (Å²) in [7, 11) is -30.4. The molecule has 8 bridgehead atoms. The molecule has 0 aliphatic carbocycles. The van der Waals surface area contributed by atoms with Crippen LogP contribution in [0.3, 0.4) is 0 Å². The number of esters is 3. The van der Waals surface area contributed by atoms with Gasteiger partial charge in [0.05, 0.1) is 29.5 Å². The lowest BCUT2D eigenvalue weighted by molar-refractivity contribution is -0.192. The third-order valence-corrected chi connectivity index (χ3v) is 60.4. The molecule has 0 radical (unpaired) electrons. The second kappa shape index (κ2) is 50.9. The smallest absolute Gasteiger partial charge is 0.465 e. The first-order valence-electron chi connectivity index (χ1n) is 42.5. The number of carbonyl (C=O) groups excluding carboxylic acids is 3. The molecule has 117 heavy (non-hydrogen) atoms. The van der Waals surface area contributed by atoms with Crippen molar-refractivity contribution in [1.82, 2.24) is 0 Å². The average Bonchev–Trinajstić information content (AvgIpc) is 0.684. The summed E-state index contributed by atoms with van der Waals surface area (Å²) >= 11 is 0. The summed E-state index contributed by atoms with van der Waals surface area (Å²) in [6, 6.07) is 35.3. The van der Waals surface area contributed by atoms with Crippen molar-refractivity contribution in [2.24, 2.45) is 57.7 Å². The minimum absolute atomic E-state index is 0. The van der Waals surface area contributed by atoms with E-state index in [9.17, 15) is 27.6 Å². The van der Waals surface area contributed by atoms with Crippen molar-refractivity contribution in [3.8, 4) is 0 Å². The number of benzene rings is 3. The minimum atomic E-state index is -4.44. The SMILES string of the molecule is C.C.C.CCC(C)(C)C(=O)OCC(F)(F)F.CCC(C)(C)C(=O)OCCC[Si]12O[Si]3(CC(C)C)O[Si]4(CC(C)C)O[Si](CC(C)C)(O1)O[Si]1(CC(C)C)O[Si](CC(C)C)(O2)O[Si](CC(C)C)(O3)O[Si](CC(C)C)(O4)O1.CCC(C)(C)C(=O)OCCOC.CCC(C)c1ccccc1.CCC(C)c1ccccc1.CCC(C)c1ccccc1. The van der Waals surface area contributed by atoms with Crippen LogP contribution in [0.2, 0.25) is 48.4 Å². The summed E-state index contributed by atoms with van der Waals surface area (Å²) in [5.41, 5.74) is 2.53. The van der Waals surface area contributed by atoms with E-state index < -0.39 is 100 Å². The van der Waals surface area contributed by atoms with E-state index in [4.69, 9.17) is 63.6 Å². The molecule has 0 aromatic heterocycles. The molecule has 680 valence electrons. The Kier molecular flexibility index (Phi) is 49.6. The van der Waals surface area contributed by atoms with Gasteiger partial charge in [0.1, 0.15) is 6.61 Å². The van der Waals surface area contributed by atoms with Gasteiger partial charge in [-0.25, -0.2) is 0 Å². The summed E-state index contributed by atoms with van der Waals surface area (Å²) in [4.78, 5) is 35.5. The van der Waals surface area contributed by atoms with E-state index in [1.54, 1.807) is 27.9 Å². The fourth-order valence-electron chi connectivity index (χ4n) is 12.8. The van der Waals surface area contributed by atoms with Crippen LogP contribution in [0.1, 0.15) is 302 Å². The zero-order chi connectivity index (χ0) is 86.6. The van der Waals surface area contributed by atoms with Crippen molar-refractivity contribution < 1.29 is 95.9 Å². The van der Waals surface area contributed by atoms with Gasteiger partial charge in [0.15, 0.2) is 6.61 Å². The largest absolute Gasteiger partial charge is 0.479 e. The predicted molar refractivity (Wildman–Crippen MR) is 485 cm³/mol. The Bertz CT molecular complexity index is 2990. The highest BCUT2D eigenvalue weighted by Crippen LogP contribution is 2.56. The molecule has 6 fully saturated rings. The van der Waals surface area contributed by atoms with Crippen LogP contribution in [0.15, 0.2) is 91.0 Å². The molecule has 0 saturated carbocycles. The standard InChI is InChI=1S/C37H80O14Si8.3C10H14.C9H18O3.C8H13F3O2.3CH4/c1-18-37(16,17)36(38)39-20-19-21-52-40-53(22-29(2)3)43-56(25-32(8)9)45-54(41-52,23-30(4)5)47-58(27-34(12)13)48-55(42-52,24-31(6)7)46-57(44-53,26-33(10)11)50-59(49-56,51-58)28-35(14)15;3*1-3-9(2)10-7-5-4-6-8-10;1-5-9(2,3)8(10)12-7-6-11-4;1-4-7(2,3)6(12)13-5-8(9,10)11;;;/h29-35H,18-28H2,1-17H3;3*4-9H,3H2,1-2H3;5-7H2,1-4H3;4-5H2,1-3H3;3*1H4. The van der Waals surface area contributed by atoms with Crippen LogP contribution < -0.4 is 0 Å². The molecule has 19 nitrogen and oxygen atoms in total. The second-order valence-electron chi connectivity index (χ2n) is 36.3. The Morgan fingerprint density at radius 2 is 0.530 bits per heavy atom. The summed E-state index contributed by atoms with van der Waals surface area (Å²) in [6.45, 7) is 59.3. The Balaban J connectivity index is 0.00000184. The van der Waals surface area contributed by atoms with Crippen molar-refractivity contribution in [3.05, 3.63) is 108 Å². The van der Waals surface area contributed by atoms with Crippen LogP contribution in [-0.2, 0) is 82.7 Å². The van der Waals surface area contributed by atoms with E-state index in [-0.39, 0.29) is 93.7 Å². The number of ether oxygens (including phenoxy) is 4. The number of alkyl halides is 3. The third kappa shape index (κ3) is 37.8. The number of rotatable bonds is 34. The molecule has 3 aromatic rings. The summed E-state index contributed by atoms with van der Waals surface area (Å²) in [5, 5.41) is 0. The molecule has 0 N–H and O–H groups in total. The third-order valence-electron chi connectivity index (χ3n) is 20.3. The molecule has 3 aromatic carbocycles. The number of halogens is 3. The topological polar surface area (TPSA) is 199 Å². The zero-order valence-corrected chi connectivity index (χ0v) is 83.8. The number of hydrogen-bond acceptors (Lipinski definition) is 19. The lowest BCUT2D eigenvalue weighted by Gasteiger charge is -2.64. The lowest BCUT2D eigenvalue weighted by Crippen LogP contribution is -2.88. The molecule has 30 heteroatoms. The normalized spacial score (nSPS) is 25.3. The van der Waals surface area contributed by atoms with Crippen LogP contribution in [0, 0.1) is 57.7 Å². The Hall–Kier alpha value is -2.92. The van der Waals surface area contributed by atoms with Gasteiger partial charge in [0.2, 0.25) is 0 Å². The Morgan fingerprint density at radius 1 is 0.325 bits per heavy atom. The van der Waals surface area contributed by atoms with Crippen LogP contribution in [0.25, 0.3) is 0 Å². The van der Waals surface area contributed by atoms with E-state index in [0.717, 1.165) is 6.42 Å². The van der Waals surface area contributed by atoms with Gasteiger partial charge in [-0.1, -0.05) is 273 Å². The Labute approximate surface area is 719 Å². The van der Waals surface area contributed by atoms with Crippen LogP contribution in [0.4, 0.5) is 13.2 Å². The summed E-state index contributed by atoms with van der Waals surface area (Å²) in [6.07, 6.45) is 1.53. The van der Waals surface area contributed by atoms with Crippen LogP contribution in [-0.4, -0.2) is 128 Å². The summed E-state index contributed by atoms with van der Waals surface area (Å²) in [5.74, 6) is 1.53. The van der Waals surface area contributed by atoms with Crippen molar-refractivity contribution in [2.75, 3.05) is 33.5 Å². The van der Waals surface area contributed by atoms with Gasteiger partial charge >= 0.3 is 94.5 Å². The molecule has 6 saturated heterocycles. The average molecular weight is 1800 g/mol. The maximum absolute atomic E-state index is 13.2. The quantitative estimate of drug-likeness (QED) is 0.0236. The molecular formula is C87H165F3O19Si8. The first kappa shape index (κ1) is 114. The molecule has 3 unspecified atom stereocenters. The first-order chi connectivity index (χ1) is 52.8. The maximum atomic E-state index is 13.2. The van der Waals surface area contributed by atoms with Crippen LogP contribution >= 0.6 is 0 Å². The monoisotopic (exact) mass is 1800 g/mol. The predicted octanol–water partition coefficient (Wildman–Crippen LogP) is 25.4. The number of methoxy groups -OCH3 is 1. The van der Waals surface area contributed by atoms with Crippen molar-refractivity contribution >= 4 is 88.3 Å². The van der Waals surface area contributed by atoms with Crippen molar-refractivity contribution in [2.45, 2.75) is 340 Å². The molecular weight excluding hydrogens is 1630 g/mol. The molecule has 0 spiro atoms. The van der Waals surface area contributed by atoms with Gasteiger partial charge < -0.3 is 68.3 Å². The van der Waals surface area contributed by atoms with Gasteiger partial charge in [0.25, 0.3) is 0 Å². The summed E-state index contributed by atoms with van der Waals surface area (Å²) < 4.78 is 148. The molecule has 6 aliphatic heterocycles. The fraction of sp³-hybridized carbons (Fsp3) is 0.759. The van der Waals surface area contributed by atoms with E-state index in [2.05, 4.69) is 234 Å². The maximum Gasteiger partial charge on any atom is 0.479 e. The van der Waals surface area contributed by atoms with Crippen molar-refractivity contribution in [3.63, 3.8) is 0 Å². The van der Waals surface area contributed by atoms with Crippen LogP contribution in [0.5, 0.6) is 0 Å². The van der Waals surface area contributed by atoms with Gasteiger partial charge in [-0.15, -0.1) is 0 Å². The highest BCUT2D eigenvalue weighted by atomic mass is 28.6. The highest BCUT2D eigenvalue weighted by molar-refractivity contribution is 7.03. The fourth-order valence-corrected chi connectivity index (χ4v) is 64.3. The van der Waals surface area contributed by atoms with Crippen molar-refractivity contribution in [1.29, 1.82) is 0 Å². The number of hydrogen-bond donors (Lipinski definition) is 0. The molecule has 9 rings (SSSR count). The second-order valence-corrected chi connectivity index (χ2v) is 60.4. The molecule has 6 heterocycles. The van der Waals surface area contributed by atoms with Gasteiger partial charge in [-0.05, 0) is 162 Å². The van der Waals surface area contributed by atoms with Gasteiger partial charge in [-0.3, -0.25) is 14.4 Å². The molecule has 0 amide bonds. The van der Waals surface area contributed by atoms with E-state index in [0.29, 0.717) is 92.5 Å². The minimum Gasteiger partial charge on any atom is -0.465 e. The van der Waals surface area contributed by atoms with E-state index >= 15 is 0 Å². The van der Waals surface area contributed by atoms with E-state index in [1.165, 1.54) is 36.0 Å². The van der Waals surface area contributed by atoms with Gasteiger partial charge in [-0.2, -0.15) is 13.2 Å². The first-order valence-corrected chi connectivity index (χ1v) is 57.9. The Morgan fingerprint density at radius 3 is 0.718 bits per heavy atom. The number of carbonyl (C=O) groups is 3. The molecule has 6 aliphatic rings. The van der Waals surface area contributed by atoms with Gasteiger partial charge in [0, 0.05) is 55.5 Å². The molecule has 3 atom stereocenters.